The molecule has 198 valence electrons. The summed E-state index contributed by atoms with van der Waals surface area (Å²) in [5.41, 5.74) is 1.41. The van der Waals surface area contributed by atoms with E-state index < -0.39 is 15.9 Å². The highest BCUT2D eigenvalue weighted by Gasteiger charge is 2.35. The first kappa shape index (κ1) is 26.8. The molecule has 0 spiro atoms. The molecule has 2 unspecified atom stereocenters. The first-order valence-electron chi connectivity index (χ1n) is 12.7. The van der Waals surface area contributed by atoms with Crippen molar-refractivity contribution in [3.05, 3.63) is 54.1 Å². The Morgan fingerprint density at radius 2 is 1.57 bits per heavy atom. The molecule has 0 radical (unpaired) electrons. The highest BCUT2D eigenvalue weighted by Crippen LogP contribution is 2.25. The summed E-state index contributed by atoms with van der Waals surface area (Å²) in [6.07, 6.45) is 2.08. The van der Waals surface area contributed by atoms with Gasteiger partial charge in [0.15, 0.2) is 0 Å². The molecular formula is C27H34N4O5S. The van der Waals surface area contributed by atoms with Crippen LogP contribution in [0.5, 0.6) is 0 Å². The van der Waals surface area contributed by atoms with Crippen LogP contribution in [0.25, 0.3) is 0 Å². The number of hydrogen-bond acceptors (Lipinski definition) is 5. The van der Waals surface area contributed by atoms with E-state index in [2.05, 4.69) is 17.6 Å². The van der Waals surface area contributed by atoms with Gasteiger partial charge in [0.2, 0.25) is 21.8 Å². The average Bonchev–Trinajstić information content (AvgIpc) is 3.27. The summed E-state index contributed by atoms with van der Waals surface area (Å²) in [6.45, 7) is 7.35. The van der Waals surface area contributed by atoms with Crippen LogP contribution in [0.15, 0.2) is 53.4 Å². The molecule has 2 aromatic rings. The van der Waals surface area contributed by atoms with E-state index in [0.29, 0.717) is 42.5 Å². The fourth-order valence-electron chi connectivity index (χ4n) is 4.78. The molecule has 2 aliphatic heterocycles. The number of anilines is 2. The number of sulfonamides is 1. The summed E-state index contributed by atoms with van der Waals surface area (Å²) in [7, 11) is -3.56. The normalized spacial score (nSPS) is 20.8. The Kier molecular flexibility index (Phi) is 7.99. The molecule has 0 aromatic heterocycles. The molecule has 2 atom stereocenters. The topological polar surface area (TPSA) is 116 Å². The van der Waals surface area contributed by atoms with Gasteiger partial charge in [-0.15, -0.1) is 0 Å². The van der Waals surface area contributed by atoms with Gasteiger partial charge in [-0.25, -0.2) is 8.42 Å². The maximum atomic E-state index is 12.9. The highest BCUT2D eigenvalue weighted by molar-refractivity contribution is 7.89. The summed E-state index contributed by atoms with van der Waals surface area (Å²) in [5.74, 6) is -0.657. The molecule has 3 amide bonds. The Balaban J connectivity index is 1.33. The van der Waals surface area contributed by atoms with Crippen molar-refractivity contribution in [2.24, 2.45) is 11.8 Å². The summed E-state index contributed by atoms with van der Waals surface area (Å²) in [6, 6.07) is 12.7. The van der Waals surface area contributed by atoms with Gasteiger partial charge in [0, 0.05) is 49.0 Å². The molecule has 2 aliphatic rings. The number of piperidine rings is 1. The molecule has 9 nitrogen and oxygen atoms in total. The van der Waals surface area contributed by atoms with E-state index in [-0.39, 0.29) is 35.1 Å². The Labute approximate surface area is 218 Å². The number of nitrogens with zero attached hydrogens (tertiary/aromatic N) is 2. The SMILES string of the molecule is CC1CCCN(S(=O)(=O)c2ccc(NC(=O)c3ccc(NC(=O)C4CC(=O)N(C(C)C)C4)cc3)cc2)C1. The standard InChI is InChI=1S/C27H34N4O5S/c1-18(2)31-17-21(15-25(31)32)27(34)29-22-8-6-20(7-9-22)26(33)28-23-10-12-24(13-11-23)37(35,36)30-14-4-5-19(3)16-30/h6-13,18-19,21H,4-5,14-17H2,1-3H3,(H,28,33)(H,29,34). The molecule has 2 heterocycles. The fraction of sp³-hybridized carbons (Fsp3) is 0.444. The van der Waals surface area contributed by atoms with Gasteiger partial charge in [0.1, 0.15) is 0 Å². The van der Waals surface area contributed by atoms with E-state index in [4.69, 9.17) is 0 Å². The largest absolute Gasteiger partial charge is 0.339 e. The summed E-state index contributed by atoms with van der Waals surface area (Å²) < 4.78 is 27.4. The lowest BCUT2D eigenvalue weighted by Gasteiger charge is -2.30. The second-order valence-corrected chi connectivity index (χ2v) is 12.1. The highest BCUT2D eigenvalue weighted by atomic mass is 32.2. The van der Waals surface area contributed by atoms with Crippen LogP contribution in [-0.4, -0.2) is 61.0 Å². The van der Waals surface area contributed by atoms with Crippen LogP contribution in [-0.2, 0) is 19.6 Å². The third kappa shape index (κ3) is 6.19. The smallest absolute Gasteiger partial charge is 0.255 e. The Bertz CT molecular complexity index is 1260. The zero-order valence-corrected chi connectivity index (χ0v) is 22.3. The number of hydrogen-bond donors (Lipinski definition) is 2. The lowest BCUT2D eigenvalue weighted by molar-refractivity contribution is -0.129. The van der Waals surface area contributed by atoms with Crippen LogP contribution >= 0.6 is 0 Å². The van der Waals surface area contributed by atoms with Crippen molar-refractivity contribution >= 4 is 39.1 Å². The molecule has 0 saturated carbocycles. The zero-order chi connectivity index (χ0) is 26.7. The van der Waals surface area contributed by atoms with E-state index in [1.165, 1.54) is 16.4 Å². The van der Waals surface area contributed by atoms with Crippen LogP contribution < -0.4 is 10.6 Å². The molecule has 0 bridgehead atoms. The third-order valence-electron chi connectivity index (χ3n) is 6.94. The summed E-state index contributed by atoms with van der Waals surface area (Å²) in [5, 5.41) is 5.59. The monoisotopic (exact) mass is 526 g/mol. The van der Waals surface area contributed by atoms with E-state index in [1.807, 2.05) is 13.8 Å². The van der Waals surface area contributed by atoms with Gasteiger partial charge in [-0.05, 0) is 81.1 Å². The molecule has 2 fully saturated rings. The number of amides is 3. The molecule has 2 aromatic carbocycles. The van der Waals surface area contributed by atoms with Crippen molar-refractivity contribution in [1.29, 1.82) is 0 Å². The molecule has 2 saturated heterocycles. The van der Waals surface area contributed by atoms with Crippen molar-refractivity contribution in [2.45, 2.75) is 51.0 Å². The van der Waals surface area contributed by atoms with E-state index in [1.54, 1.807) is 41.3 Å². The van der Waals surface area contributed by atoms with Crippen molar-refractivity contribution in [3.8, 4) is 0 Å². The maximum absolute atomic E-state index is 12.9. The van der Waals surface area contributed by atoms with Crippen molar-refractivity contribution in [1.82, 2.24) is 9.21 Å². The first-order chi connectivity index (χ1) is 17.5. The summed E-state index contributed by atoms with van der Waals surface area (Å²) >= 11 is 0. The minimum Gasteiger partial charge on any atom is -0.339 e. The van der Waals surface area contributed by atoms with E-state index >= 15 is 0 Å². The molecule has 10 heteroatoms. The van der Waals surface area contributed by atoms with Gasteiger partial charge in [-0.1, -0.05) is 6.92 Å². The van der Waals surface area contributed by atoms with E-state index in [9.17, 15) is 22.8 Å². The third-order valence-corrected chi connectivity index (χ3v) is 8.82. The van der Waals surface area contributed by atoms with Gasteiger partial charge in [-0.3, -0.25) is 14.4 Å². The molecule has 0 aliphatic carbocycles. The van der Waals surface area contributed by atoms with Crippen molar-refractivity contribution in [3.63, 3.8) is 0 Å². The minimum atomic E-state index is -3.56. The van der Waals surface area contributed by atoms with Crippen LogP contribution in [0, 0.1) is 11.8 Å². The van der Waals surface area contributed by atoms with Gasteiger partial charge in [0.05, 0.1) is 10.8 Å². The summed E-state index contributed by atoms with van der Waals surface area (Å²) in [4.78, 5) is 39.3. The molecular weight excluding hydrogens is 492 g/mol. The Morgan fingerprint density at radius 1 is 0.946 bits per heavy atom. The second-order valence-electron chi connectivity index (χ2n) is 10.2. The molecule has 2 N–H and O–H groups in total. The number of rotatable bonds is 7. The van der Waals surface area contributed by atoms with Crippen molar-refractivity contribution in [2.75, 3.05) is 30.3 Å². The predicted molar refractivity (Wildman–Crippen MR) is 142 cm³/mol. The lowest BCUT2D eigenvalue weighted by Crippen LogP contribution is -2.39. The number of nitrogens with one attached hydrogen (secondary N) is 2. The molecule has 37 heavy (non-hydrogen) atoms. The Morgan fingerprint density at radius 3 is 2.16 bits per heavy atom. The number of likely N-dealkylation sites (tertiary alicyclic amines) is 1. The number of carbonyl (C=O) groups is 3. The zero-order valence-electron chi connectivity index (χ0n) is 21.4. The van der Waals surface area contributed by atoms with Crippen LogP contribution in [0.4, 0.5) is 11.4 Å². The number of benzene rings is 2. The maximum Gasteiger partial charge on any atom is 0.255 e. The van der Waals surface area contributed by atoms with Gasteiger partial charge in [0.25, 0.3) is 5.91 Å². The number of carbonyl (C=O) groups excluding carboxylic acids is 3. The van der Waals surface area contributed by atoms with Gasteiger partial charge in [-0.2, -0.15) is 4.31 Å². The quantitative estimate of drug-likeness (QED) is 0.572. The minimum absolute atomic E-state index is 0.0195. The lowest BCUT2D eigenvalue weighted by atomic mass is 10.0. The van der Waals surface area contributed by atoms with Crippen LogP contribution in [0.2, 0.25) is 0 Å². The van der Waals surface area contributed by atoms with Crippen LogP contribution in [0.1, 0.15) is 50.4 Å². The van der Waals surface area contributed by atoms with Crippen LogP contribution in [0.3, 0.4) is 0 Å². The first-order valence-corrected chi connectivity index (χ1v) is 14.1. The predicted octanol–water partition coefficient (Wildman–Crippen LogP) is 3.55. The second kappa shape index (κ2) is 11.0. The van der Waals surface area contributed by atoms with Crippen molar-refractivity contribution < 1.29 is 22.8 Å². The fourth-order valence-corrected chi connectivity index (χ4v) is 6.38. The van der Waals surface area contributed by atoms with Gasteiger partial charge < -0.3 is 15.5 Å². The average molecular weight is 527 g/mol. The van der Waals surface area contributed by atoms with Gasteiger partial charge >= 0.3 is 0 Å². The molecule has 4 rings (SSSR count). The van der Waals surface area contributed by atoms with E-state index in [0.717, 1.165) is 12.8 Å². The Hall–Kier alpha value is -3.24.